The van der Waals surface area contributed by atoms with Crippen molar-refractivity contribution in [2.24, 2.45) is 0 Å². The van der Waals surface area contributed by atoms with Crippen LogP contribution in [0.1, 0.15) is 18.9 Å². The maximum Gasteiger partial charge on any atom is 0.325 e. The van der Waals surface area contributed by atoms with Crippen LogP contribution in [0, 0.1) is 0 Å². The Kier molecular flexibility index (Phi) is 5.62. The fourth-order valence-corrected chi connectivity index (χ4v) is 2.00. The maximum absolute atomic E-state index is 11.5. The van der Waals surface area contributed by atoms with Gasteiger partial charge in [-0.05, 0) is 37.1 Å². The summed E-state index contributed by atoms with van der Waals surface area (Å²) in [6.07, 6.45) is 0.718. The van der Waals surface area contributed by atoms with E-state index in [4.69, 9.17) is 16.7 Å². The first-order chi connectivity index (χ1) is 8.40. The number of halogens is 2. The number of carbonyl (C=O) groups is 2. The van der Waals surface area contributed by atoms with Crippen LogP contribution in [-0.4, -0.2) is 23.0 Å². The molecule has 0 unspecified atom stereocenters. The maximum atomic E-state index is 11.5. The highest BCUT2D eigenvalue weighted by Crippen LogP contribution is 2.22. The predicted octanol–water partition coefficient (Wildman–Crippen LogP) is 2.62. The quantitative estimate of drug-likeness (QED) is 0.870. The van der Waals surface area contributed by atoms with Gasteiger partial charge in [-0.15, -0.1) is 0 Å². The zero-order valence-corrected chi connectivity index (χ0v) is 12.1. The number of hydrogen-bond acceptors (Lipinski definition) is 2. The molecule has 0 aliphatic rings. The number of nitrogens with one attached hydrogen (secondary N) is 1. The highest BCUT2D eigenvalue weighted by Gasteiger charge is 2.14. The lowest BCUT2D eigenvalue weighted by atomic mass is 10.1. The van der Waals surface area contributed by atoms with Gasteiger partial charge in [0, 0.05) is 15.9 Å². The Balaban J connectivity index is 2.52. The van der Waals surface area contributed by atoms with Crippen molar-refractivity contribution in [2.45, 2.75) is 25.8 Å². The minimum atomic E-state index is -1.05. The first-order valence-corrected chi connectivity index (χ1v) is 6.53. The normalized spacial score (nSPS) is 11.9. The Morgan fingerprint density at radius 1 is 1.50 bits per heavy atom. The Morgan fingerprint density at radius 3 is 2.78 bits per heavy atom. The van der Waals surface area contributed by atoms with Gasteiger partial charge in [0.2, 0.25) is 5.91 Å². The number of carboxylic acid groups (broad SMARTS) is 1. The van der Waals surface area contributed by atoms with Gasteiger partial charge in [-0.2, -0.15) is 0 Å². The van der Waals surface area contributed by atoms with E-state index in [2.05, 4.69) is 21.2 Å². The summed E-state index contributed by atoms with van der Waals surface area (Å²) in [6.45, 7) is 1.43. The van der Waals surface area contributed by atoms with E-state index in [0.717, 1.165) is 10.0 Å². The molecule has 2 N–H and O–H groups in total. The van der Waals surface area contributed by atoms with Crippen LogP contribution in [-0.2, 0) is 16.0 Å². The first-order valence-electron chi connectivity index (χ1n) is 5.36. The van der Waals surface area contributed by atoms with E-state index < -0.39 is 12.0 Å². The molecule has 0 saturated carbocycles. The lowest BCUT2D eigenvalue weighted by Gasteiger charge is -2.09. The van der Waals surface area contributed by atoms with E-state index in [0.29, 0.717) is 11.4 Å². The Bertz CT molecular complexity index is 465. The largest absolute Gasteiger partial charge is 0.480 e. The topological polar surface area (TPSA) is 66.4 Å². The van der Waals surface area contributed by atoms with Crippen molar-refractivity contribution in [3.8, 4) is 0 Å². The third-order valence-electron chi connectivity index (χ3n) is 2.38. The van der Waals surface area contributed by atoms with Crippen molar-refractivity contribution in [1.29, 1.82) is 0 Å². The fraction of sp³-hybridized carbons (Fsp3) is 0.333. The Hall–Kier alpha value is -1.07. The number of amides is 1. The Labute approximate surface area is 118 Å². The fourth-order valence-electron chi connectivity index (χ4n) is 1.36. The number of benzene rings is 1. The van der Waals surface area contributed by atoms with Crippen LogP contribution in [0.15, 0.2) is 22.7 Å². The van der Waals surface area contributed by atoms with Crippen molar-refractivity contribution in [2.75, 3.05) is 0 Å². The minimum Gasteiger partial charge on any atom is -0.480 e. The summed E-state index contributed by atoms with van der Waals surface area (Å²) in [5.41, 5.74) is 0.917. The number of carbonyl (C=O) groups excluding carboxylic acids is 1. The molecule has 0 aromatic heterocycles. The third kappa shape index (κ3) is 4.66. The molecular weight excluding hydrogens is 321 g/mol. The zero-order valence-electron chi connectivity index (χ0n) is 9.74. The van der Waals surface area contributed by atoms with Crippen LogP contribution in [0.2, 0.25) is 5.02 Å². The van der Waals surface area contributed by atoms with Gasteiger partial charge >= 0.3 is 5.97 Å². The molecule has 98 valence electrons. The van der Waals surface area contributed by atoms with Crippen LogP contribution in [0.4, 0.5) is 0 Å². The van der Waals surface area contributed by atoms with Crippen molar-refractivity contribution >= 4 is 39.4 Å². The predicted molar refractivity (Wildman–Crippen MR) is 72.7 cm³/mol. The van der Waals surface area contributed by atoms with Gasteiger partial charge in [-0.3, -0.25) is 9.59 Å². The second-order valence-electron chi connectivity index (χ2n) is 3.86. The van der Waals surface area contributed by atoms with E-state index in [9.17, 15) is 9.59 Å². The molecule has 0 saturated heterocycles. The van der Waals surface area contributed by atoms with Gasteiger partial charge in [-0.1, -0.05) is 27.5 Å². The SMILES string of the molecule is C[C@@H](NC(=O)CCc1cc(Cl)ccc1Br)C(=O)O. The van der Waals surface area contributed by atoms with Crippen LogP contribution >= 0.6 is 27.5 Å². The molecule has 6 heteroatoms. The van der Waals surface area contributed by atoms with Gasteiger partial charge in [0.25, 0.3) is 0 Å². The molecule has 0 fully saturated rings. The number of hydrogen-bond donors (Lipinski definition) is 2. The van der Waals surface area contributed by atoms with Crippen LogP contribution in [0.25, 0.3) is 0 Å². The highest BCUT2D eigenvalue weighted by atomic mass is 79.9. The molecule has 1 atom stereocenters. The lowest BCUT2D eigenvalue weighted by molar-refractivity contribution is -0.141. The van der Waals surface area contributed by atoms with Gasteiger partial charge in [0.15, 0.2) is 0 Å². The van der Waals surface area contributed by atoms with Crippen LogP contribution in [0.5, 0.6) is 0 Å². The average Bonchev–Trinajstić information content (AvgIpc) is 2.30. The smallest absolute Gasteiger partial charge is 0.325 e. The number of aliphatic carboxylic acids is 1. The number of aryl methyl sites for hydroxylation is 1. The molecule has 0 aliphatic heterocycles. The van der Waals surface area contributed by atoms with E-state index >= 15 is 0 Å². The molecule has 0 bridgehead atoms. The van der Waals surface area contributed by atoms with Gasteiger partial charge in [-0.25, -0.2) is 0 Å². The molecule has 1 aromatic rings. The van der Waals surface area contributed by atoms with Gasteiger partial charge < -0.3 is 10.4 Å². The second-order valence-corrected chi connectivity index (χ2v) is 5.15. The molecule has 1 rings (SSSR count). The molecule has 1 aromatic carbocycles. The second kappa shape index (κ2) is 6.75. The molecule has 0 heterocycles. The average molecular weight is 335 g/mol. The van der Waals surface area contributed by atoms with Crippen molar-refractivity contribution in [3.63, 3.8) is 0 Å². The summed E-state index contributed by atoms with van der Waals surface area (Å²) in [7, 11) is 0. The molecular formula is C12H13BrClNO3. The van der Waals surface area contributed by atoms with Crippen molar-refractivity contribution < 1.29 is 14.7 Å². The molecule has 0 spiro atoms. The zero-order chi connectivity index (χ0) is 13.7. The van der Waals surface area contributed by atoms with Crippen LogP contribution < -0.4 is 5.32 Å². The first kappa shape index (κ1) is 15.0. The van der Waals surface area contributed by atoms with E-state index in [1.165, 1.54) is 6.92 Å². The third-order valence-corrected chi connectivity index (χ3v) is 3.39. The molecule has 4 nitrogen and oxygen atoms in total. The summed E-state index contributed by atoms with van der Waals surface area (Å²) >= 11 is 9.23. The molecule has 0 aliphatic carbocycles. The summed E-state index contributed by atoms with van der Waals surface area (Å²) in [5.74, 6) is -1.34. The van der Waals surface area contributed by atoms with E-state index in [1.807, 2.05) is 6.07 Å². The van der Waals surface area contributed by atoms with E-state index in [-0.39, 0.29) is 12.3 Å². The number of rotatable bonds is 5. The van der Waals surface area contributed by atoms with Gasteiger partial charge in [0.1, 0.15) is 6.04 Å². The van der Waals surface area contributed by atoms with Crippen LogP contribution in [0.3, 0.4) is 0 Å². The summed E-state index contributed by atoms with van der Waals surface area (Å²) in [6, 6.07) is 4.47. The summed E-state index contributed by atoms with van der Waals surface area (Å²) < 4.78 is 0.881. The Morgan fingerprint density at radius 2 is 2.17 bits per heavy atom. The standard InChI is InChI=1S/C12H13BrClNO3/c1-7(12(17)18)15-11(16)5-2-8-6-9(14)3-4-10(8)13/h3-4,6-7H,2,5H2,1H3,(H,15,16)(H,17,18)/t7-/m1/s1. The summed E-state index contributed by atoms with van der Waals surface area (Å²) in [5, 5.41) is 11.7. The van der Waals surface area contributed by atoms with E-state index in [1.54, 1.807) is 12.1 Å². The number of carboxylic acids is 1. The van der Waals surface area contributed by atoms with Crippen molar-refractivity contribution in [1.82, 2.24) is 5.32 Å². The van der Waals surface area contributed by atoms with Crippen molar-refractivity contribution in [3.05, 3.63) is 33.3 Å². The highest BCUT2D eigenvalue weighted by molar-refractivity contribution is 9.10. The molecule has 1 amide bonds. The summed E-state index contributed by atoms with van der Waals surface area (Å²) in [4.78, 5) is 22.1. The molecule has 18 heavy (non-hydrogen) atoms. The lowest BCUT2D eigenvalue weighted by Crippen LogP contribution is -2.38. The molecule has 0 radical (unpaired) electrons. The van der Waals surface area contributed by atoms with Gasteiger partial charge in [0.05, 0.1) is 0 Å². The monoisotopic (exact) mass is 333 g/mol. The minimum absolute atomic E-state index is 0.219.